The number of rotatable bonds is 2. The van der Waals surface area contributed by atoms with Gasteiger partial charge in [-0.25, -0.2) is 4.79 Å². The molecule has 0 spiro atoms. The standard InChI is InChI=1S/C11H10ClNO3S/c1-3-13-5-7(11(15)16-2)9(14)6-4-8(12)17-10(6)13/h4-5H,3H2,1-2H3. The minimum absolute atomic E-state index is 0.0383. The van der Waals surface area contributed by atoms with E-state index in [1.165, 1.54) is 24.6 Å². The number of aromatic nitrogens is 1. The summed E-state index contributed by atoms with van der Waals surface area (Å²) < 4.78 is 6.94. The molecule has 0 saturated carbocycles. The van der Waals surface area contributed by atoms with E-state index in [1.54, 1.807) is 6.07 Å². The zero-order valence-electron chi connectivity index (χ0n) is 9.32. The van der Waals surface area contributed by atoms with Crippen LogP contribution in [-0.4, -0.2) is 17.6 Å². The number of hydrogen-bond donors (Lipinski definition) is 0. The molecule has 0 unspecified atom stereocenters. The van der Waals surface area contributed by atoms with Gasteiger partial charge in [-0.2, -0.15) is 0 Å². The minimum atomic E-state index is -0.624. The van der Waals surface area contributed by atoms with Crippen LogP contribution < -0.4 is 5.43 Å². The normalized spacial score (nSPS) is 10.8. The molecule has 0 bridgehead atoms. The molecule has 0 radical (unpaired) electrons. The summed E-state index contributed by atoms with van der Waals surface area (Å²) >= 11 is 7.22. The van der Waals surface area contributed by atoms with Crippen molar-refractivity contribution in [2.24, 2.45) is 0 Å². The number of methoxy groups -OCH3 is 1. The van der Waals surface area contributed by atoms with Gasteiger partial charge in [0.2, 0.25) is 5.43 Å². The number of ether oxygens (including phenoxy) is 1. The zero-order valence-corrected chi connectivity index (χ0v) is 10.9. The number of aryl methyl sites for hydroxylation is 1. The smallest absolute Gasteiger partial charge is 0.343 e. The van der Waals surface area contributed by atoms with Crippen LogP contribution in [0, 0.1) is 0 Å². The molecule has 90 valence electrons. The molecule has 2 heterocycles. The molecular weight excluding hydrogens is 262 g/mol. The Morgan fingerprint density at radius 2 is 2.29 bits per heavy atom. The summed E-state index contributed by atoms with van der Waals surface area (Å²) in [7, 11) is 1.25. The van der Waals surface area contributed by atoms with Crippen LogP contribution in [0.25, 0.3) is 10.2 Å². The zero-order chi connectivity index (χ0) is 12.6. The van der Waals surface area contributed by atoms with Crippen molar-refractivity contribution < 1.29 is 9.53 Å². The predicted octanol–water partition coefficient (Wildman–Crippen LogP) is 2.52. The van der Waals surface area contributed by atoms with Gasteiger partial charge in [-0.3, -0.25) is 4.79 Å². The summed E-state index contributed by atoms with van der Waals surface area (Å²) in [6.45, 7) is 2.58. The number of esters is 1. The van der Waals surface area contributed by atoms with Gasteiger partial charge in [0, 0.05) is 12.7 Å². The third-order valence-corrected chi connectivity index (χ3v) is 3.76. The average molecular weight is 272 g/mol. The molecule has 0 amide bonds. The molecule has 2 rings (SSSR count). The first-order chi connectivity index (χ1) is 8.08. The summed E-state index contributed by atoms with van der Waals surface area (Å²) in [4.78, 5) is 24.3. The van der Waals surface area contributed by atoms with E-state index in [2.05, 4.69) is 4.74 Å². The Balaban J connectivity index is 2.84. The number of thiophene rings is 1. The van der Waals surface area contributed by atoms with E-state index in [0.29, 0.717) is 16.3 Å². The summed E-state index contributed by atoms with van der Waals surface area (Å²) in [6, 6.07) is 1.59. The van der Waals surface area contributed by atoms with E-state index in [9.17, 15) is 9.59 Å². The fourth-order valence-electron chi connectivity index (χ4n) is 1.64. The molecule has 4 nitrogen and oxygen atoms in total. The van der Waals surface area contributed by atoms with Gasteiger partial charge >= 0.3 is 5.97 Å². The van der Waals surface area contributed by atoms with Crippen LogP contribution in [0.3, 0.4) is 0 Å². The lowest BCUT2D eigenvalue weighted by molar-refractivity contribution is 0.0598. The first kappa shape index (κ1) is 12.1. The van der Waals surface area contributed by atoms with Gasteiger partial charge in [-0.05, 0) is 13.0 Å². The number of pyridine rings is 1. The average Bonchev–Trinajstić information content (AvgIpc) is 2.71. The van der Waals surface area contributed by atoms with Crippen molar-refractivity contribution in [3.05, 3.63) is 32.4 Å². The van der Waals surface area contributed by atoms with E-state index < -0.39 is 5.97 Å². The Morgan fingerprint density at radius 1 is 1.59 bits per heavy atom. The minimum Gasteiger partial charge on any atom is -0.465 e. The Morgan fingerprint density at radius 3 is 2.88 bits per heavy atom. The Labute approximate surface area is 106 Å². The maximum atomic E-state index is 12.0. The van der Waals surface area contributed by atoms with Crippen molar-refractivity contribution in [2.75, 3.05) is 7.11 Å². The Kier molecular flexibility index (Phi) is 3.22. The first-order valence-electron chi connectivity index (χ1n) is 4.99. The topological polar surface area (TPSA) is 48.3 Å². The SMILES string of the molecule is CCn1cc(C(=O)OC)c(=O)c2cc(Cl)sc21. The molecule has 17 heavy (non-hydrogen) atoms. The Bertz CT molecular complexity index is 644. The van der Waals surface area contributed by atoms with Crippen LogP contribution >= 0.6 is 22.9 Å². The second kappa shape index (κ2) is 4.50. The molecule has 0 fully saturated rings. The lowest BCUT2D eigenvalue weighted by atomic mass is 10.2. The summed E-state index contributed by atoms with van der Waals surface area (Å²) in [5, 5.41) is 0.463. The highest BCUT2D eigenvalue weighted by molar-refractivity contribution is 7.22. The van der Waals surface area contributed by atoms with Gasteiger partial charge in [-0.15, -0.1) is 11.3 Å². The van der Waals surface area contributed by atoms with Crippen molar-refractivity contribution >= 4 is 39.1 Å². The summed E-state index contributed by atoms with van der Waals surface area (Å²) in [6.07, 6.45) is 1.52. The van der Waals surface area contributed by atoms with Gasteiger partial charge in [0.25, 0.3) is 0 Å². The molecule has 0 N–H and O–H groups in total. The first-order valence-corrected chi connectivity index (χ1v) is 6.18. The highest BCUT2D eigenvalue weighted by atomic mass is 35.5. The predicted molar refractivity (Wildman–Crippen MR) is 68.1 cm³/mol. The van der Waals surface area contributed by atoms with Crippen molar-refractivity contribution in [1.82, 2.24) is 4.57 Å². The van der Waals surface area contributed by atoms with E-state index in [0.717, 1.165) is 4.83 Å². The van der Waals surface area contributed by atoms with Gasteiger partial charge in [0.15, 0.2) is 0 Å². The van der Waals surface area contributed by atoms with Crippen LogP contribution in [0.4, 0.5) is 0 Å². The number of hydrogen-bond acceptors (Lipinski definition) is 4. The third-order valence-electron chi connectivity index (χ3n) is 2.46. The molecule has 0 saturated heterocycles. The van der Waals surface area contributed by atoms with Gasteiger partial charge in [0.05, 0.1) is 16.8 Å². The fourth-order valence-corrected chi connectivity index (χ4v) is 2.89. The maximum absolute atomic E-state index is 12.0. The monoisotopic (exact) mass is 271 g/mol. The Hall–Kier alpha value is -1.33. The van der Waals surface area contributed by atoms with Gasteiger partial charge < -0.3 is 9.30 Å². The molecule has 0 aliphatic heterocycles. The second-order valence-electron chi connectivity index (χ2n) is 3.42. The van der Waals surface area contributed by atoms with Crippen molar-refractivity contribution in [1.29, 1.82) is 0 Å². The molecule has 0 aliphatic rings. The molecular formula is C11H10ClNO3S. The fraction of sp³-hybridized carbons (Fsp3) is 0.273. The molecule has 0 aliphatic carbocycles. The lowest BCUT2D eigenvalue weighted by Crippen LogP contribution is -2.18. The lowest BCUT2D eigenvalue weighted by Gasteiger charge is -2.06. The van der Waals surface area contributed by atoms with Crippen LogP contribution in [0.1, 0.15) is 17.3 Å². The van der Waals surface area contributed by atoms with Crippen LogP contribution in [0.5, 0.6) is 0 Å². The van der Waals surface area contributed by atoms with E-state index >= 15 is 0 Å². The van der Waals surface area contributed by atoms with Gasteiger partial charge in [0.1, 0.15) is 10.4 Å². The van der Waals surface area contributed by atoms with Crippen molar-refractivity contribution in [3.63, 3.8) is 0 Å². The third kappa shape index (κ3) is 1.96. The molecule has 0 aromatic carbocycles. The number of carbonyl (C=O) groups excluding carboxylic acids is 1. The number of halogens is 1. The van der Waals surface area contributed by atoms with E-state index in [-0.39, 0.29) is 11.0 Å². The molecule has 2 aromatic rings. The van der Waals surface area contributed by atoms with E-state index in [1.807, 2.05) is 11.5 Å². The quantitative estimate of drug-likeness (QED) is 0.789. The van der Waals surface area contributed by atoms with Crippen molar-refractivity contribution in [2.45, 2.75) is 13.5 Å². The van der Waals surface area contributed by atoms with E-state index in [4.69, 9.17) is 11.6 Å². The maximum Gasteiger partial charge on any atom is 0.343 e. The van der Waals surface area contributed by atoms with Crippen LogP contribution in [0.15, 0.2) is 17.1 Å². The number of carbonyl (C=O) groups is 1. The van der Waals surface area contributed by atoms with Crippen molar-refractivity contribution in [3.8, 4) is 0 Å². The number of nitrogens with zero attached hydrogens (tertiary/aromatic N) is 1. The van der Waals surface area contributed by atoms with Crippen LogP contribution in [-0.2, 0) is 11.3 Å². The summed E-state index contributed by atoms with van der Waals surface area (Å²) in [5.74, 6) is -0.624. The largest absolute Gasteiger partial charge is 0.465 e. The molecule has 6 heteroatoms. The second-order valence-corrected chi connectivity index (χ2v) is 5.08. The number of fused-ring (bicyclic) bond motifs is 1. The molecule has 2 aromatic heterocycles. The highest BCUT2D eigenvalue weighted by Gasteiger charge is 2.17. The summed E-state index contributed by atoms with van der Waals surface area (Å²) in [5.41, 5.74) is -0.295. The van der Waals surface area contributed by atoms with Gasteiger partial charge in [-0.1, -0.05) is 11.6 Å². The highest BCUT2D eigenvalue weighted by Crippen LogP contribution is 2.27. The van der Waals surface area contributed by atoms with Crippen LogP contribution in [0.2, 0.25) is 4.34 Å². The molecule has 0 atom stereocenters.